The van der Waals surface area contributed by atoms with E-state index in [4.69, 9.17) is 9.72 Å². The molecule has 0 atom stereocenters. The van der Waals surface area contributed by atoms with Gasteiger partial charge in [-0.3, -0.25) is 14.1 Å². The van der Waals surface area contributed by atoms with E-state index >= 15 is 0 Å². The number of rotatable bonds is 3. The largest absolute Gasteiger partial charge is 0.468 e. The van der Waals surface area contributed by atoms with E-state index in [0.717, 1.165) is 48.6 Å². The van der Waals surface area contributed by atoms with E-state index in [1.54, 1.807) is 0 Å². The van der Waals surface area contributed by atoms with Crippen molar-refractivity contribution in [3.63, 3.8) is 0 Å². The molecule has 1 aliphatic rings. The number of benzene rings is 1. The van der Waals surface area contributed by atoms with Crippen molar-refractivity contribution < 1.29 is 9.53 Å². The molecule has 1 saturated heterocycles. The van der Waals surface area contributed by atoms with Crippen LogP contribution in [-0.2, 0) is 9.53 Å². The van der Waals surface area contributed by atoms with Gasteiger partial charge in [0.2, 0.25) is 0 Å². The first-order valence-corrected chi connectivity index (χ1v) is 8.97. The molecular formula is C20H21N5O2. The molecule has 7 heteroatoms. The topological polar surface area (TPSA) is 73.9 Å². The van der Waals surface area contributed by atoms with Gasteiger partial charge in [-0.2, -0.15) is 5.26 Å². The van der Waals surface area contributed by atoms with Crippen molar-refractivity contribution in [3.05, 3.63) is 41.5 Å². The molecule has 27 heavy (non-hydrogen) atoms. The zero-order valence-electron chi connectivity index (χ0n) is 15.5. The van der Waals surface area contributed by atoms with Crippen LogP contribution < -0.4 is 4.90 Å². The Morgan fingerprint density at radius 2 is 2.00 bits per heavy atom. The fourth-order valence-electron chi connectivity index (χ4n) is 3.69. The SMILES string of the molecule is COC(=O)CN1CCN(c2cc(C)c(C#N)c3nc4ccccc4n23)CC1. The molecule has 0 radical (unpaired) electrons. The number of carbonyl (C=O) groups excluding carboxylic acids is 1. The zero-order valence-corrected chi connectivity index (χ0v) is 15.5. The number of carbonyl (C=O) groups is 1. The molecule has 0 saturated carbocycles. The average Bonchev–Trinajstić information content (AvgIpc) is 3.07. The third-order valence-corrected chi connectivity index (χ3v) is 5.14. The van der Waals surface area contributed by atoms with Gasteiger partial charge in [0.25, 0.3) is 0 Å². The highest BCUT2D eigenvalue weighted by Crippen LogP contribution is 2.29. The van der Waals surface area contributed by atoms with Gasteiger partial charge in [0.05, 0.1) is 30.3 Å². The fourth-order valence-corrected chi connectivity index (χ4v) is 3.69. The molecule has 0 amide bonds. The van der Waals surface area contributed by atoms with Gasteiger partial charge < -0.3 is 9.64 Å². The Labute approximate surface area is 157 Å². The lowest BCUT2D eigenvalue weighted by molar-refractivity contribution is -0.142. The molecule has 0 spiro atoms. The van der Waals surface area contributed by atoms with Gasteiger partial charge >= 0.3 is 5.97 Å². The molecule has 0 N–H and O–H groups in total. The Kier molecular flexibility index (Phi) is 4.42. The summed E-state index contributed by atoms with van der Waals surface area (Å²) in [6.45, 7) is 5.42. The summed E-state index contributed by atoms with van der Waals surface area (Å²) in [5.41, 5.74) is 4.11. The minimum absolute atomic E-state index is 0.208. The Balaban J connectivity index is 1.75. The Bertz CT molecular complexity index is 1060. The number of fused-ring (bicyclic) bond motifs is 3. The average molecular weight is 363 g/mol. The molecule has 7 nitrogen and oxygen atoms in total. The van der Waals surface area contributed by atoms with Crippen LogP contribution in [0.2, 0.25) is 0 Å². The number of hydrogen-bond donors (Lipinski definition) is 0. The summed E-state index contributed by atoms with van der Waals surface area (Å²) in [5.74, 6) is 0.827. The number of piperazine rings is 1. The molecule has 3 aromatic rings. The lowest BCUT2D eigenvalue weighted by atomic mass is 10.1. The van der Waals surface area contributed by atoms with Crippen molar-refractivity contribution in [2.75, 3.05) is 44.7 Å². The number of aryl methyl sites for hydroxylation is 1. The molecule has 3 heterocycles. The number of anilines is 1. The molecular weight excluding hydrogens is 342 g/mol. The van der Waals surface area contributed by atoms with Gasteiger partial charge in [-0.25, -0.2) is 4.98 Å². The highest BCUT2D eigenvalue weighted by Gasteiger charge is 2.23. The molecule has 0 bridgehead atoms. The maximum atomic E-state index is 11.5. The van der Waals surface area contributed by atoms with Crippen LogP contribution in [0.4, 0.5) is 5.82 Å². The molecule has 1 aliphatic heterocycles. The van der Waals surface area contributed by atoms with E-state index < -0.39 is 0 Å². The van der Waals surface area contributed by atoms with Crippen LogP contribution in [-0.4, -0.2) is 60.1 Å². The lowest BCUT2D eigenvalue weighted by Crippen LogP contribution is -2.48. The van der Waals surface area contributed by atoms with Crippen LogP contribution in [0.3, 0.4) is 0 Å². The minimum atomic E-state index is -0.208. The summed E-state index contributed by atoms with van der Waals surface area (Å²) in [6.07, 6.45) is 0. The summed E-state index contributed by atoms with van der Waals surface area (Å²) in [4.78, 5) is 20.6. The predicted octanol–water partition coefficient (Wildman–Crippen LogP) is 1.96. The number of esters is 1. The highest BCUT2D eigenvalue weighted by atomic mass is 16.5. The number of nitrogens with zero attached hydrogens (tertiary/aromatic N) is 5. The van der Waals surface area contributed by atoms with Crippen LogP contribution in [0.5, 0.6) is 0 Å². The number of ether oxygens (including phenoxy) is 1. The van der Waals surface area contributed by atoms with E-state index in [2.05, 4.69) is 26.3 Å². The Hall–Kier alpha value is -3.11. The van der Waals surface area contributed by atoms with Gasteiger partial charge in [-0.05, 0) is 30.7 Å². The summed E-state index contributed by atoms with van der Waals surface area (Å²) in [5, 5.41) is 9.62. The molecule has 1 aromatic carbocycles. The molecule has 138 valence electrons. The second kappa shape index (κ2) is 6.89. The predicted molar refractivity (Wildman–Crippen MR) is 103 cm³/mol. The Morgan fingerprint density at radius 1 is 1.26 bits per heavy atom. The maximum absolute atomic E-state index is 11.5. The van der Waals surface area contributed by atoms with E-state index in [9.17, 15) is 10.1 Å². The van der Waals surface area contributed by atoms with Crippen LogP contribution in [0.1, 0.15) is 11.1 Å². The first-order valence-electron chi connectivity index (χ1n) is 8.97. The quantitative estimate of drug-likeness (QED) is 0.663. The molecule has 4 rings (SSSR count). The number of methoxy groups -OCH3 is 1. The third-order valence-electron chi connectivity index (χ3n) is 5.14. The third kappa shape index (κ3) is 2.98. The second-order valence-corrected chi connectivity index (χ2v) is 6.77. The van der Waals surface area contributed by atoms with Gasteiger partial charge in [0.1, 0.15) is 11.9 Å². The first kappa shape index (κ1) is 17.3. The van der Waals surface area contributed by atoms with Crippen LogP contribution >= 0.6 is 0 Å². The first-order chi connectivity index (χ1) is 13.1. The zero-order chi connectivity index (χ0) is 19.0. The van der Waals surface area contributed by atoms with E-state index in [0.29, 0.717) is 17.8 Å². The fraction of sp³-hybridized carbons (Fsp3) is 0.350. The normalized spacial score (nSPS) is 15.2. The molecule has 1 fully saturated rings. The van der Waals surface area contributed by atoms with Gasteiger partial charge in [0, 0.05) is 26.2 Å². The van der Waals surface area contributed by atoms with Crippen molar-refractivity contribution >= 4 is 28.5 Å². The van der Waals surface area contributed by atoms with Gasteiger partial charge in [-0.15, -0.1) is 0 Å². The summed E-state index contributed by atoms with van der Waals surface area (Å²) >= 11 is 0. The van der Waals surface area contributed by atoms with Crippen molar-refractivity contribution in [1.29, 1.82) is 5.26 Å². The second-order valence-electron chi connectivity index (χ2n) is 6.77. The highest BCUT2D eigenvalue weighted by molar-refractivity contribution is 5.85. The lowest BCUT2D eigenvalue weighted by Gasteiger charge is -2.36. The standard InChI is InChI=1S/C20H21N5O2/c1-14-11-18(24-9-7-23(8-10-24)13-19(26)27-2)25-17-6-4-3-5-16(17)22-20(25)15(14)12-21/h3-6,11H,7-10,13H2,1-2H3. The smallest absolute Gasteiger partial charge is 0.319 e. The van der Waals surface area contributed by atoms with E-state index in [-0.39, 0.29) is 5.97 Å². The van der Waals surface area contributed by atoms with Crippen molar-refractivity contribution in [2.45, 2.75) is 6.92 Å². The van der Waals surface area contributed by atoms with E-state index in [1.165, 1.54) is 7.11 Å². The van der Waals surface area contributed by atoms with Crippen molar-refractivity contribution in [1.82, 2.24) is 14.3 Å². The van der Waals surface area contributed by atoms with Crippen molar-refractivity contribution in [2.24, 2.45) is 0 Å². The van der Waals surface area contributed by atoms with Crippen LogP contribution in [0, 0.1) is 18.3 Å². The monoisotopic (exact) mass is 363 g/mol. The number of para-hydroxylation sites is 2. The molecule has 0 aliphatic carbocycles. The van der Waals surface area contributed by atoms with Gasteiger partial charge in [0.15, 0.2) is 5.65 Å². The van der Waals surface area contributed by atoms with E-state index in [1.807, 2.05) is 31.2 Å². The number of hydrogen-bond acceptors (Lipinski definition) is 6. The maximum Gasteiger partial charge on any atom is 0.319 e. The van der Waals surface area contributed by atoms with Crippen molar-refractivity contribution in [3.8, 4) is 6.07 Å². The van der Waals surface area contributed by atoms with Gasteiger partial charge in [-0.1, -0.05) is 12.1 Å². The Morgan fingerprint density at radius 3 is 2.70 bits per heavy atom. The molecule has 0 unspecified atom stereocenters. The number of aromatic nitrogens is 2. The summed E-state index contributed by atoms with van der Waals surface area (Å²) in [7, 11) is 1.42. The number of imidazole rings is 1. The minimum Gasteiger partial charge on any atom is -0.468 e. The summed E-state index contributed by atoms with van der Waals surface area (Å²) < 4.78 is 6.84. The molecule has 2 aromatic heterocycles. The van der Waals surface area contributed by atoms with Crippen LogP contribution in [0.25, 0.3) is 16.7 Å². The van der Waals surface area contributed by atoms with Crippen LogP contribution in [0.15, 0.2) is 30.3 Å². The number of pyridine rings is 1. The number of nitriles is 1. The summed E-state index contributed by atoms with van der Waals surface area (Å²) in [6, 6.07) is 12.3.